The molecular weight excluding hydrogens is 468 g/mol. The Bertz CT molecular complexity index is 1200. The summed E-state index contributed by atoms with van der Waals surface area (Å²) >= 11 is 1.61. The second kappa shape index (κ2) is 10.8. The molecular formula is C28H34N6OS. The molecule has 0 spiro atoms. The number of rotatable bonds is 7. The number of likely N-dealkylation sites (N-methyl/N-ethyl adjacent to an activating group) is 1. The summed E-state index contributed by atoms with van der Waals surface area (Å²) in [5.41, 5.74) is 11.4. The van der Waals surface area contributed by atoms with E-state index in [0.717, 1.165) is 63.2 Å². The fraction of sp³-hybridized carbons (Fsp3) is 0.357. The highest BCUT2D eigenvalue weighted by Gasteiger charge is 2.30. The molecule has 1 unspecified atom stereocenters. The van der Waals surface area contributed by atoms with Crippen LogP contribution in [0.4, 0.5) is 17.1 Å². The molecule has 5 rings (SSSR count). The molecule has 36 heavy (non-hydrogen) atoms. The average Bonchev–Trinajstić information content (AvgIpc) is 3.61. The van der Waals surface area contributed by atoms with Crippen LogP contribution in [0, 0.1) is 5.41 Å². The molecule has 3 aromatic rings. The van der Waals surface area contributed by atoms with Gasteiger partial charge in [-0.05, 0) is 85.7 Å². The summed E-state index contributed by atoms with van der Waals surface area (Å²) in [6.45, 7) is 5.97. The number of hydrogen-bond acceptors (Lipinski definition) is 7. The van der Waals surface area contributed by atoms with Crippen LogP contribution >= 0.6 is 11.3 Å². The van der Waals surface area contributed by atoms with E-state index in [0.29, 0.717) is 22.6 Å². The van der Waals surface area contributed by atoms with Gasteiger partial charge >= 0.3 is 0 Å². The lowest BCUT2D eigenvalue weighted by atomic mass is 9.99. The SMILES string of the molecule is CN1CCN(c2ccc(C(=N)c3cc(NC(=O)C(c4ccsc4)N4CCCC4)ccc3N)cc2)CC1. The van der Waals surface area contributed by atoms with Crippen LogP contribution in [0.1, 0.15) is 35.6 Å². The van der Waals surface area contributed by atoms with E-state index in [2.05, 4.69) is 44.6 Å². The van der Waals surface area contributed by atoms with E-state index in [1.165, 1.54) is 5.69 Å². The van der Waals surface area contributed by atoms with E-state index in [9.17, 15) is 4.79 Å². The van der Waals surface area contributed by atoms with Crippen LogP contribution in [0.5, 0.6) is 0 Å². The minimum atomic E-state index is -0.304. The number of anilines is 3. The third-order valence-electron chi connectivity index (χ3n) is 7.23. The third kappa shape index (κ3) is 5.31. The van der Waals surface area contributed by atoms with Crippen molar-refractivity contribution in [3.63, 3.8) is 0 Å². The lowest BCUT2D eigenvalue weighted by Crippen LogP contribution is -2.44. The molecule has 7 nitrogen and oxygen atoms in total. The lowest BCUT2D eigenvalue weighted by Gasteiger charge is -2.34. The van der Waals surface area contributed by atoms with E-state index in [-0.39, 0.29) is 11.9 Å². The number of amides is 1. The van der Waals surface area contributed by atoms with Gasteiger partial charge in [-0.3, -0.25) is 15.1 Å². The number of nitrogens with two attached hydrogens (primary N) is 1. The van der Waals surface area contributed by atoms with Crippen molar-refractivity contribution in [3.05, 3.63) is 76.0 Å². The third-order valence-corrected chi connectivity index (χ3v) is 7.93. The number of hydrogen-bond donors (Lipinski definition) is 3. The molecule has 3 heterocycles. The summed E-state index contributed by atoms with van der Waals surface area (Å²) in [6.07, 6.45) is 2.23. The number of benzene rings is 2. The van der Waals surface area contributed by atoms with Gasteiger partial charge in [0.15, 0.2) is 0 Å². The van der Waals surface area contributed by atoms with Gasteiger partial charge in [0.05, 0.1) is 5.71 Å². The molecule has 0 aliphatic carbocycles. The van der Waals surface area contributed by atoms with Crippen LogP contribution in [0.3, 0.4) is 0 Å². The highest BCUT2D eigenvalue weighted by molar-refractivity contribution is 7.08. The maximum atomic E-state index is 13.4. The van der Waals surface area contributed by atoms with Gasteiger partial charge < -0.3 is 20.9 Å². The largest absolute Gasteiger partial charge is 0.398 e. The number of carbonyl (C=O) groups is 1. The van der Waals surface area contributed by atoms with E-state index < -0.39 is 0 Å². The normalized spacial score (nSPS) is 17.8. The van der Waals surface area contributed by atoms with Crippen LogP contribution in [0.25, 0.3) is 0 Å². The molecule has 2 fully saturated rings. The number of thiophene rings is 1. The van der Waals surface area contributed by atoms with Crippen LogP contribution in [-0.4, -0.2) is 67.7 Å². The molecule has 2 aliphatic heterocycles. The fourth-order valence-corrected chi connectivity index (χ4v) is 5.76. The Hall–Kier alpha value is -3.20. The van der Waals surface area contributed by atoms with Crippen molar-refractivity contribution < 1.29 is 4.79 Å². The lowest BCUT2D eigenvalue weighted by molar-refractivity contribution is -0.121. The molecule has 2 aliphatic rings. The van der Waals surface area contributed by atoms with E-state index in [4.69, 9.17) is 11.1 Å². The summed E-state index contributed by atoms with van der Waals surface area (Å²) in [5.74, 6) is -0.0471. The predicted molar refractivity (Wildman–Crippen MR) is 149 cm³/mol. The van der Waals surface area contributed by atoms with Crippen LogP contribution in [0.2, 0.25) is 0 Å². The summed E-state index contributed by atoms with van der Waals surface area (Å²) in [4.78, 5) is 20.4. The molecule has 0 saturated carbocycles. The van der Waals surface area contributed by atoms with Gasteiger partial charge in [-0.15, -0.1) is 0 Å². The van der Waals surface area contributed by atoms with Crippen molar-refractivity contribution in [3.8, 4) is 0 Å². The van der Waals surface area contributed by atoms with Gasteiger partial charge in [0, 0.05) is 54.4 Å². The van der Waals surface area contributed by atoms with Gasteiger partial charge in [0.2, 0.25) is 5.91 Å². The van der Waals surface area contributed by atoms with Gasteiger partial charge in [-0.25, -0.2) is 0 Å². The number of nitrogens with one attached hydrogen (secondary N) is 2. The highest BCUT2D eigenvalue weighted by Crippen LogP contribution is 2.29. The highest BCUT2D eigenvalue weighted by atomic mass is 32.1. The van der Waals surface area contributed by atoms with Crippen molar-refractivity contribution in [1.82, 2.24) is 9.80 Å². The van der Waals surface area contributed by atoms with Crippen molar-refractivity contribution in [1.29, 1.82) is 5.41 Å². The maximum absolute atomic E-state index is 13.4. The number of nitrogens with zero attached hydrogens (tertiary/aromatic N) is 3. The minimum absolute atomic E-state index is 0.0471. The summed E-state index contributed by atoms with van der Waals surface area (Å²) < 4.78 is 0. The van der Waals surface area contributed by atoms with Gasteiger partial charge in [-0.2, -0.15) is 11.3 Å². The second-order valence-electron chi connectivity index (χ2n) is 9.71. The van der Waals surface area contributed by atoms with Crippen molar-refractivity contribution in [2.75, 3.05) is 62.3 Å². The summed E-state index contributed by atoms with van der Waals surface area (Å²) in [5, 5.41) is 16.0. The first kappa shape index (κ1) is 24.5. The smallest absolute Gasteiger partial charge is 0.246 e. The van der Waals surface area contributed by atoms with Crippen molar-refractivity contribution in [2.24, 2.45) is 0 Å². The first-order valence-electron chi connectivity index (χ1n) is 12.6. The summed E-state index contributed by atoms with van der Waals surface area (Å²) in [6, 6.07) is 15.3. The number of piperazine rings is 1. The second-order valence-corrected chi connectivity index (χ2v) is 10.5. The van der Waals surface area contributed by atoms with Crippen LogP contribution in [-0.2, 0) is 4.79 Å². The molecule has 1 amide bonds. The zero-order valence-corrected chi connectivity index (χ0v) is 21.6. The van der Waals surface area contributed by atoms with Crippen LogP contribution < -0.4 is 16.0 Å². The predicted octanol–water partition coefficient (Wildman–Crippen LogP) is 4.27. The molecule has 0 bridgehead atoms. The molecule has 0 radical (unpaired) electrons. The van der Waals surface area contributed by atoms with Crippen molar-refractivity contribution >= 4 is 40.0 Å². The number of likely N-dealkylation sites (tertiary alicyclic amines) is 1. The van der Waals surface area contributed by atoms with Crippen molar-refractivity contribution in [2.45, 2.75) is 18.9 Å². The molecule has 1 aromatic heterocycles. The summed E-state index contributed by atoms with van der Waals surface area (Å²) in [7, 11) is 2.15. The zero-order valence-electron chi connectivity index (χ0n) is 20.7. The first-order valence-corrected chi connectivity index (χ1v) is 13.5. The molecule has 188 valence electrons. The first-order chi connectivity index (χ1) is 17.5. The monoisotopic (exact) mass is 502 g/mol. The topological polar surface area (TPSA) is 88.7 Å². The van der Waals surface area contributed by atoms with E-state index >= 15 is 0 Å². The molecule has 1 atom stereocenters. The molecule has 4 N–H and O–H groups in total. The Labute approximate surface area is 217 Å². The Morgan fingerprint density at radius 1 is 1.00 bits per heavy atom. The number of carbonyl (C=O) groups excluding carboxylic acids is 1. The van der Waals surface area contributed by atoms with E-state index in [1.54, 1.807) is 17.4 Å². The molecule has 8 heteroatoms. The van der Waals surface area contributed by atoms with Gasteiger partial charge in [-0.1, -0.05) is 12.1 Å². The Balaban J connectivity index is 1.32. The average molecular weight is 503 g/mol. The standard InChI is InChI=1S/C28H34N6OS/c1-32-13-15-33(16-14-32)23-7-4-20(5-8-23)26(30)24-18-22(6-9-25(24)29)31-28(35)27(21-10-17-36-19-21)34-11-2-3-12-34/h4-10,17-19,27,30H,2-3,11-16,29H2,1H3,(H,31,35). The molecule has 2 saturated heterocycles. The quantitative estimate of drug-likeness (QED) is 0.332. The maximum Gasteiger partial charge on any atom is 0.246 e. The number of nitrogen functional groups attached to an aromatic ring is 1. The van der Waals surface area contributed by atoms with Gasteiger partial charge in [0.1, 0.15) is 6.04 Å². The molecule has 2 aromatic carbocycles. The zero-order chi connectivity index (χ0) is 25.1. The van der Waals surface area contributed by atoms with Gasteiger partial charge in [0.25, 0.3) is 0 Å². The Morgan fingerprint density at radius 2 is 1.72 bits per heavy atom. The minimum Gasteiger partial charge on any atom is -0.398 e. The Morgan fingerprint density at radius 3 is 2.39 bits per heavy atom. The van der Waals surface area contributed by atoms with E-state index in [1.807, 2.05) is 35.7 Å². The fourth-order valence-electron chi connectivity index (χ4n) is 5.08. The van der Waals surface area contributed by atoms with Crippen LogP contribution in [0.15, 0.2) is 59.3 Å². The Kier molecular flexibility index (Phi) is 7.36.